The van der Waals surface area contributed by atoms with E-state index in [0.717, 1.165) is 5.69 Å². The molecular weight excluding hydrogens is 294 g/mol. The summed E-state index contributed by atoms with van der Waals surface area (Å²) in [5.74, 6) is 0.0634. The number of hydrogen-bond acceptors (Lipinski definition) is 5. The lowest BCUT2D eigenvalue weighted by Gasteiger charge is -2.04. The van der Waals surface area contributed by atoms with Crippen LogP contribution in [0.5, 0.6) is 0 Å². The van der Waals surface area contributed by atoms with Gasteiger partial charge in [-0.1, -0.05) is 0 Å². The predicted molar refractivity (Wildman–Crippen MR) is 76.3 cm³/mol. The lowest BCUT2D eigenvalue weighted by molar-refractivity contribution is 0.601. The Labute approximate surface area is 121 Å². The number of aromatic amines is 2. The molecule has 0 aliphatic heterocycles. The molecule has 0 atom stereocenters. The van der Waals surface area contributed by atoms with Crippen molar-refractivity contribution in [2.24, 2.45) is 0 Å². The van der Waals surface area contributed by atoms with Crippen LogP contribution in [0.1, 0.15) is 18.5 Å². The van der Waals surface area contributed by atoms with Crippen LogP contribution in [0.3, 0.4) is 0 Å². The van der Waals surface area contributed by atoms with Gasteiger partial charge in [-0.15, -0.1) is 0 Å². The average molecular weight is 309 g/mol. The zero-order chi connectivity index (χ0) is 14.9. The van der Waals surface area contributed by atoms with Gasteiger partial charge in [-0.25, -0.2) is 13.5 Å². The van der Waals surface area contributed by atoms with Crippen LogP contribution in [0.25, 0.3) is 0 Å². The van der Waals surface area contributed by atoms with E-state index in [1.54, 1.807) is 6.07 Å². The first-order chi connectivity index (χ1) is 10.0. The van der Waals surface area contributed by atoms with Crippen LogP contribution >= 0.6 is 0 Å². The largest absolute Gasteiger partial charge is 0.363 e. The van der Waals surface area contributed by atoms with Gasteiger partial charge < -0.3 is 10.3 Å². The third-order valence-corrected chi connectivity index (χ3v) is 4.44. The van der Waals surface area contributed by atoms with Gasteiger partial charge in [0.15, 0.2) is 5.82 Å². The van der Waals surface area contributed by atoms with Crippen molar-refractivity contribution in [3.63, 3.8) is 0 Å². The van der Waals surface area contributed by atoms with Gasteiger partial charge in [0, 0.05) is 30.5 Å². The summed E-state index contributed by atoms with van der Waals surface area (Å²) in [7, 11) is -3.72. The Morgan fingerprint density at radius 3 is 2.81 bits per heavy atom. The predicted octanol–water partition coefficient (Wildman–Crippen LogP) is 0.151. The minimum absolute atomic E-state index is 0.0634. The fourth-order valence-electron chi connectivity index (χ4n) is 1.82. The maximum absolute atomic E-state index is 12.2. The van der Waals surface area contributed by atoms with Crippen LogP contribution in [-0.4, -0.2) is 29.6 Å². The van der Waals surface area contributed by atoms with Gasteiger partial charge in [-0.3, -0.25) is 9.52 Å². The number of anilines is 1. The Morgan fingerprint density at radius 1 is 1.33 bits per heavy atom. The molecule has 0 amide bonds. The average Bonchev–Trinajstić information content (AvgIpc) is 3.15. The molecule has 1 saturated carbocycles. The second kappa shape index (κ2) is 5.34. The molecule has 0 saturated heterocycles. The van der Waals surface area contributed by atoms with E-state index in [0.29, 0.717) is 12.6 Å². The van der Waals surface area contributed by atoms with E-state index in [4.69, 9.17) is 0 Å². The van der Waals surface area contributed by atoms with Crippen molar-refractivity contribution >= 4 is 15.8 Å². The number of rotatable bonds is 6. The van der Waals surface area contributed by atoms with Crippen LogP contribution in [0, 0.1) is 0 Å². The molecule has 1 fully saturated rings. The minimum Gasteiger partial charge on any atom is -0.363 e. The molecule has 0 unspecified atom stereocenters. The fourth-order valence-corrected chi connectivity index (χ4v) is 2.83. The topological polar surface area (TPSA) is 120 Å². The van der Waals surface area contributed by atoms with E-state index in [-0.39, 0.29) is 10.7 Å². The molecule has 2 aromatic rings. The number of aromatic nitrogens is 3. The van der Waals surface area contributed by atoms with Gasteiger partial charge in [0.05, 0.1) is 0 Å². The van der Waals surface area contributed by atoms with Crippen molar-refractivity contribution < 1.29 is 8.42 Å². The molecule has 0 bridgehead atoms. The second-order valence-corrected chi connectivity index (χ2v) is 6.61. The van der Waals surface area contributed by atoms with Gasteiger partial charge in [-0.2, -0.15) is 5.10 Å². The molecule has 0 spiro atoms. The molecule has 1 aliphatic carbocycles. The molecule has 8 nitrogen and oxygen atoms in total. The third-order valence-electron chi connectivity index (χ3n) is 3.10. The van der Waals surface area contributed by atoms with E-state index in [9.17, 15) is 13.2 Å². The fraction of sp³-hybridized carbons (Fsp3) is 0.333. The Kier molecular flexibility index (Phi) is 3.52. The van der Waals surface area contributed by atoms with Crippen molar-refractivity contribution in [2.75, 3.05) is 4.72 Å². The van der Waals surface area contributed by atoms with Crippen LogP contribution in [0.4, 0.5) is 5.82 Å². The van der Waals surface area contributed by atoms with Crippen LogP contribution < -0.4 is 15.6 Å². The maximum atomic E-state index is 12.2. The van der Waals surface area contributed by atoms with Crippen molar-refractivity contribution in [1.82, 2.24) is 20.5 Å². The first-order valence-corrected chi connectivity index (χ1v) is 8.00. The molecule has 0 radical (unpaired) electrons. The summed E-state index contributed by atoms with van der Waals surface area (Å²) < 4.78 is 26.6. The maximum Gasteiger partial charge on any atom is 0.264 e. The summed E-state index contributed by atoms with van der Waals surface area (Å²) >= 11 is 0. The Hall–Kier alpha value is -2.13. The van der Waals surface area contributed by atoms with Gasteiger partial charge >= 0.3 is 0 Å². The number of hydrogen-bond donors (Lipinski definition) is 4. The van der Waals surface area contributed by atoms with Crippen molar-refractivity contribution in [1.29, 1.82) is 0 Å². The zero-order valence-electron chi connectivity index (χ0n) is 11.1. The molecular formula is C12H15N5O3S. The van der Waals surface area contributed by atoms with Crippen LogP contribution in [0.2, 0.25) is 0 Å². The quantitative estimate of drug-likeness (QED) is 0.605. The first-order valence-electron chi connectivity index (χ1n) is 6.52. The number of nitrogens with zero attached hydrogens (tertiary/aromatic N) is 1. The number of sulfonamides is 1. The van der Waals surface area contributed by atoms with Crippen molar-refractivity contribution in [3.05, 3.63) is 40.4 Å². The molecule has 21 heavy (non-hydrogen) atoms. The molecule has 4 N–H and O–H groups in total. The van der Waals surface area contributed by atoms with Crippen molar-refractivity contribution in [2.45, 2.75) is 30.3 Å². The second-order valence-electron chi connectivity index (χ2n) is 4.93. The van der Waals surface area contributed by atoms with E-state index in [1.807, 2.05) is 0 Å². The molecule has 112 valence electrons. The summed E-state index contributed by atoms with van der Waals surface area (Å²) in [6.45, 7) is 0.608. The Balaban J connectivity index is 1.71. The van der Waals surface area contributed by atoms with Crippen LogP contribution in [0.15, 0.2) is 34.1 Å². The van der Waals surface area contributed by atoms with Gasteiger partial charge in [-0.05, 0) is 25.0 Å². The molecule has 3 rings (SSSR count). The summed E-state index contributed by atoms with van der Waals surface area (Å²) in [4.78, 5) is 13.9. The summed E-state index contributed by atoms with van der Waals surface area (Å²) in [6, 6.07) is 4.63. The van der Waals surface area contributed by atoms with E-state index in [1.165, 1.54) is 31.2 Å². The Bertz CT molecular complexity index is 771. The standard InChI is InChI=1S/C12H15N5O3S/c18-12-4-3-11(15-16-12)17-21(19,20)10-5-9(14-7-10)6-13-8-1-2-8/h3-5,7-8,13-14H,1-2,6H2,(H,15,17)(H,16,18). The van der Waals surface area contributed by atoms with E-state index >= 15 is 0 Å². The number of H-pyrrole nitrogens is 2. The van der Waals surface area contributed by atoms with E-state index < -0.39 is 15.6 Å². The van der Waals surface area contributed by atoms with Gasteiger partial charge in [0.25, 0.3) is 15.6 Å². The van der Waals surface area contributed by atoms with Gasteiger partial charge in [0.2, 0.25) is 0 Å². The summed E-state index contributed by atoms with van der Waals surface area (Å²) in [6.07, 6.45) is 3.77. The summed E-state index contributed by atoms with van der Waals surface area (Å²) in [5, 5.41) is 9.08. The first kappa shape index (κ1) is 13.8. The normalized spacial score (nSPS) is 15.0. The molecule has 2 heterocycles. The highest BCUT2D eigenvalue weighted by Crippen LogP contribution is 2.20. The minimum atomic E-state index is -3.72. The molecule has 9 heteroatoms. The zero-order valence-corrected chi connectivity index (χ0v) is 11.9. The monoisotopic (exact) mass is 309 g/mol. The van der Waals surface area contributed by atoms with Gasteiger partial charge in [0.1, 0.15) is 4.90 Å². The summed E-state index contributed by atoms with van der Waals surface area (Å²) in [5.41, 5.74) is 0.407. The van der Waals surface area contributed by atoms with Crippen molar-refractivity contribution in [3.8, 4) is 0 Å². The molecule has 2 aromatic heterocycles. The highest BCUT2D eigenvalue weighted by molar-refractivity contribution is 7.92. The lowest BCUT2D eigenvalue weighted by Crippen LogP contribution is -2.16. The lowest BCUT2D eigenvalue weighted by atomic mass is 10.4. The van der Waals surface area contributed by atoms with Crippen LogP contribution in [-0.2, 0) is 16.6 Å². The Morgan fingerprint density at radius 2 is 2.14 bits per heavy atom. The number of nitrogens with one attached hydrogen (secondary N) is 4. The third kappa shape index (κ3) is 3.50. The smallest absolute Gasteiger partial charge is 0.264 e. The highest BCUT2D eigenvalue weighted by Gasteiger charge is 2.21. The molecule has 1 aliphatic rings. The highest BCUT2D eigenvalue weighted by atomic mass is 32.2. The SMILES string of the molecule is O=c1ccc(NS(=O)(=O)c2c[nH]c(CNC3CC3)c2)n[nH]1. The molecule has 0 aromatic carbocycles. The van der Waals surface area contributed by atoms with E-state index in [2.05, 4.69) is 25.2 Å².